The number of benzene rings is 7. The molecule has 3 aromatic heterocycles. The third-order valence-corrected chi connectivity index (χ3v) is 10.1. The molecule has 0 aliphatic heterocycles. The van der Waals surface area contributed by atoms with Crippen molar-refractivity contribution in [3.05, 3.63) is 188 Å². The van der Waals surface area contributed by atoms with Crippen molar-refractivity contribution in [2.45, 2.75) is 0 Å². The summed E-state index contributed by atoms with van der Waals surface area (Å²) < 4.78 is 4.53. The van der Waals surface area contributed by atoms with E-state index < -0.39 is 0 Å². The van der Waals surface area contributed by atoms with Gasteiger partial charge >= 0.3 is 0 Å². The SMILES string of the molecule is N#Cc1c(-n2c3ccccc3c3ccccc32)cc(-c2cc(-c3ccccc3)nc(-c3ccccc3)c2)cc1-n1c2ccccc2c2ccccc21. The molecule has 0 aliphatic carbocycles. The topological polar surface area (TPSA) is 46.5 Å². The van der Waals surface area contributed by atoms with Crippen LogP contribution >= 0.6 is 0 Å². The quantitative estimate of drug-likeness (QED) is 0.184. The van der Waals surface area contributed by atoms with E-state index in [4.69, 9.17) is 4.98 Å². The minimum Gasteiger partial charge on any atom is -0.308 e. The Kier molecular flexibility index (Phi) is 6.84. The van der Waals surface area contributed by atoms with Gasteiger partial charge in [0.05, 0.1) is 44.8 Å². The van der Waals surface area contributed by atoms with Crippen molar-refractivity contribution in [3.63, 3.8) is 0 Å². The first kappa shape index (κ1) is 29.7. The van der Waals surface area contributed by atoms with Crippen LogP contribution in [-0.2, 0) is 0 Å². The maximum Gasteiger partial charge on any atom is 0.104 e. The summed E-state index contributed by atoms with van der Waals surface area (Å²) in [4.78, 5) is 5.18. The van der Waals surface area contributed by atoms with E-state index in [9.17, 15) is 5.26 Å². The van der Waals surface area contributed by atoms with Gasteiger partial charge in [-0.25, -0.2) is 4.98 Å². The van der Waals surface area contributed by atoms with Gasteiger partial charge in [-0.1, -0.05) is 133 Å². The Morgan fingerprint density at radius 2 is 0.692 bits per heavy atom. The number of aromatic nitrogens is 3. The van der Waals surface area contributed by atoms with Gasteiger partial charge in [0.1, 0.15) is 11.6 Å². The molecule has 0 bridgehead atoms. The number of hydrogen-bond donors (Lipinski definition) is 0. The van der Waals surface area contributed by atoms with Crippen LogP contribution in [0.3, 0.4) is 0 Å². The lowest BCUT2D eigenvalue weighted by molar-refractivity contribution is 1.12. The zero-order chi connectivity index (χ0) is 34.6. The molecule has 4 nitrogen and oxygen atoms in total. The molecule has 0 fully saturated rings. The Bertz CT molecular complexity index is 2720. The van der Waals surface area contributed by atoms with E-state index in [0.29, 0.717) is 5.56 Å². The van der Waals surface area contributed by atoms with Gasteiger partial charge in [-0.2, -0.15) is 5.26 Å². The molecule has 0 saturated carbocycles. The van der Waals surface area contributed by atoms with Crippen molar-refractivity contribution in [1.29, 1.82) is 5.26 Å². The zero-order valence-corrected chi connectivity index (χ0v) is 28.1. The molecule has 0 N–H and O–H groups in total. The summed E-state index contributed by atoms with van der Waals surface area (Å²) in [7, 11) is 0. The molecule has 0 aliphatic rings. The highest BCUT2D eigenvalue weighted by Gasteiger charge is 2.23. The smallest absolute Gasteiger partial charge is 0.104 e. The Morgan fingerprint density at radius 3 is 1.06 bits per heavy atom. The summed E-state index contributed by atoms with van der Waals surface area (Å²) in [5.41, 5.74) is 12.3. The molecule has 3 heterocycles. The normalized spacial score (nSPS) is 11.4. The minimum absolute atomic E-state index is 0.599. The summed E-state index contributed by atoms with van der Waals surface area (Å²) in [6.07, 6.45) is 0. The first-order valence-electron chi connectivity index (χ1n) is 17.5. The Balaban J connectivity index is 1.36. The van der Waals surface area contributed by atoms with Crippen LogP contribution in [0.2, 0.25) is 0 Å². The van der Waals surface area contributed by atoms with Crippen molar-refractivity contribution in [2.75, 3.05) is 0 Å². The highest BCUT2D eigenvalue weighted by molar-refractivity contribution is 6.11. The van der Waals surface area contributed by atoms with Gasteiger partial charge in [0, 0.05) is 32.7 Å². The van der Waals surface area contributed by atoms with E-state index in [-0.39, 0.29) is 0 Å². The van der Waals surface area contributed by atoms with E-state index in [1.165, 1.54) is 0 Å². The molecule has 7 aromatic carbocycles. The van der Waals surface area contributed by atoms with Crippen molar-refractivity contribution in [3.8, 4) is 51.1 Å². The lowest BCUT2D eigenvalue weighted by Crippen LogP contribution is -2.05. The predicted molar refractivity (Wildman–Crippen MR) is 214 cm³/mol. The number of para-hydroxylation sites is 4. The fourth-order valence-corrected chi connectivity index (χ4v) is 7.82. The number of nitrogens with zero attached hydrogens (tertiary/aromatic N) is 4. The fourth-order valence-electron chi connectivity index (χ4n) is 7.82. The molecule has 10 aromatic rings. The highest BCUT2D eigenvalue weighted by Crippen LogP contribution is 2.41. The van der Waals surface area contributed by atoms with Crippen LogP contribution in [0, 0.1) is 11.3 Å². The maximum absolute atomic E-state index is 11.2. The second kappa shape index (κ2) is 12.0. The van der Waals surface area contributed by atoms with Crippen LogP contribution in [0.5, 0.6) is 0 Å². The Hall–Kier alpha value is -7.22. The molecular formula is C48H30N4. The molecule has 0 spiro atoms. The number of nitriles is 1. The Morgan fingerprint density at radius 1 is 0.365 bits per heavy atom. The lowest BCUT2D eigenvalue weighted by Gasteiger charge is -2.19. The first-order valence-corrected chi connectivity index (χ1v) is 17.5. The van der Waals surface area contributed by atoms with E-state index in [2.05, 4.69) is 161 Å². The van der Waals surface area contributed by atoms with E-state index >= 15 is 0 Å². The largest absolute Gasteiger partial charge is 0.308 e. The van der Waals surface area contributed by atoms with E-state index in [1.807, 2.05) is 36.4 Å². The van der Waals surface area contributed by atoms with E-state index in [0.717, 1.165) is 88.6 Å². The van der Waals surface area contributed by atoms with Crippen molar-refractivity contribution >= 4 is 43.6 Å². The van der Waals surface area contributed by atoms with Crippen molar-refractivity contribution in [2.24, 2.45) is 0 Å². The first-order chi connectivity index (χ1) is 25.8. The van der Waals surface area contributed by atoms with Crippen LogP contribution in [0.25, 0.3) is 88.6 Å². The summed E-state index contributed by atoms with van der Waals surface area (Å²) in [5, 5.41) is 15.8. The number of hydrogen-bond acceptors (Lipinski definition) is 2. The molecule has 0 saturated heterocycles. The van der Waals surface area contributed by atoms with Crippen molar-refractivity contribution in [1.82, 2.24) is 14.1 Å². The van der Waals surface area contributed by atoms with E-state index in [1.54, 1.807) is 0 Å². The fraction of sp³-hybridized carbons (Fsp3) is 0. The van der Waals surface area contributed by atoms with Gasteiger partial charge in [0.2, 0.25) is 0 Å². The third kappa shape index (κ3) is 4.65. The molecule has 52 heavy (non-hydrogen) atoms. The molecule has 0 radical (unpaired) electrons. The van der Waals surface area contributed by atoms with Crippen LogP contribution in [0.15, 0.2) is 182 Å². The number of pyridine rings is 1. The summed E-state index contributed by atoms with van der Waals surface area (Å²) in [6.45, 7) is 0. The molecular weight excluding hydrogens is 633 g/mol. The number of fused-ring (bicyclic) bond motifs is 6. The molecule has 0 amide bonds. The molecule has 4 heteroatoms. The second-order valence-corrected chi connectivity index (χ2v) is 13.1. The summed E-state index contributed by atoms with van der Waals surface area (Å²) in [6, 6.07) is 66.0. The van der Waals surface area contributed by atoms with Crippen LogP contribution in [0.1, 0.15) is 5.56 Å². The minimum atomic E-state index is 0.599. The average Bonchev–Trinajstić information content (AvgIpc) is 3.74. The summed E-state index contributed by atoms with van der Waals surface area (Å²) >= 11 is 0. The van der Waals surface area contributed by atoms with Gasteiger partial charge in [-0.3, -0.25) is 0 Å². The molecule has 242 valence electrons. The molecule has 0 unspecified atom stereocenters. The monoisotopic (exact) mass is 662 g/mol. The van der Waals surface area contributed by atoms with Gasteiger partial charge in [0.15, 0.2) is 0 Å². The standard InChI is InChI=1S/C48H30N4/c49-31-40-47(51-43-23-11-7-19-36(43)37-20-8-12-24-44(37)51)29-35(30-48(40)52-45-25-13-9-21-38(45)39-22-10-14-26-46(39)52)34-27-41(32-15-3-1-4-16-32)50-42(28-34)33-17-5-2-6-18-33/h1-30H. The Labute approximate surface area is 300 Å². The zero-order valence-electron chi connectivity index (χ0n) is 28.1. The van der Waals surface area contributed by atoms with Gasteiger partial charge < -0.3 is 9.13 Å². The third-order valence-electron chi connectivity index (χ3n) is 10.1. The number of rotatable bonds is 5. The predicted octanol–water partition coefficient (Wildman–Crippen LogP) is 12.1. The van der Waals surface area contributed by atoms with Gasteiger partial charge in [0.25, 0.3) is 0 Å². The van der Waals surface area contributed by atoms with Crippen LogP contribution in [-0.4, -0.2) is 14.1 Å². The van der Waals surface area contributed by atoms with Crippen molar-refractivity contribution < 1.29 is 0 Å². The highest BCUT2D eigenvalue weighted by atomic mass is 15.0. The molecule has 0 atom stereocenters. The van der Waals surface area contributed by atoms with Gasteiger partial charge in [-0.05, 0) is 59.7 Å². The van der Waals surface area contributed by atoms with Crippen LogP contribution in [0.4, 0.5) is 0 Å². The van der Waals surface area contributed by atoms with Crippen LogP contribution < -0.4 is 0 Å². The second-order valence-electron chi connectivity index (χ2n) is 13.1. The maximum atomic E-state index is 11.2. The average molecular weight is 663 g/mol. The van der Waals surface area contributed by atoms with Gasteiger partial charge in [-0.15, -0.1) is 0 Å². The molecule has 10 rings (SSSR count). The lowest BCUT2D eigenvalue weighted by atomic mass is 9.97. The summed E-state index contributed by atoms with van der Waals surface area (Å²) in [5.74, 6) is 0.